The SMILES string of the molecule is CC(C)(C)OC(=O)NC(Cc1sc(Cl)nc1Cl)C(=O)O. The largest absolute Gasteiger partial charge is 0.480 e. The van der Waals surface area contributed by atoms with Crippen LogP contribution in [0.2, 0.25) is 9.62 Å². The quantitative estimate of drug-likeness (QED) is 0.879. The summed E-state index contributed by atoms with van der Waals surface area (Å²) in [6.45, 7) is 5.05. The Kier molecular flexibility index (Phi) is 5.61. The van der Waals surface area contributed by atoms with Gasteiger partial charge in [-0.05, 0) is 20.8 Å². The lowest BCUT2D eigenvalue weighted by Crippen LogP contribution is -2.44. The second-order valence-electron chi connectivity index (χ2n) is 4.92. The number of rotatable bonds is 4. The van der Waals surface area contributed by atoms with Crippen molar-refractivity contribution < 1.29 is 19.4 Å². The number of hydrogen-bond acceptors (Lipinski definition) is 5. The summed E-state index contributed by atoms with van der Waals surface area (Å²) < 4.78 is 5.22. The van der Waals surface area contributed by atoms with Crippen LogP contribution in [-0.4, -0.2) is 33.8 Å². The standard InChI is InChI=1S/C11H14Cl2N2O4S/c1-11(2,3)19-10(18)14-5(8(16)17)4-6-7(12)15-9(13)20-6/h5H,4H2,1-3H3,(H,14,18)(H,16,17). The predicted molar refractivity (Wildman–Crippen MR) is 76.6 cm³/mol. The second-order valence-corrected chi connectivity index (χ2v) is 6.95. The van der Waals surface area contributed by atoms with E-state index in [0.29, 0.717) is 4.88 Å². The molecule has 1 heterocycles. The number of nitrogens with zero attached hydrogens (tertiary/aromatic N) is 1. The van der Waals surface area contributed by atoms with E-state index in [9.17, 15) is 9.59 Å². The number of hydrogen-bond donors (Lipinski definition) is 2. The van der Waals surface area contributed by atoms with E-state index in [-0.39, 0.29) is 16.0 Å². The molecule has 0 radical (unpaired) electrons. The smallest absolute Gasteiger partial charge is 0.408 e. The molecule has 20 heavy (non-hydrogen) atoms. The van der Waals surface area contributed by atoms with Gasteiger partial charge in [0, 0.05) is 11.3 Å². The number of carboxylic acid groups (broad SMARTS) is 1. The highest BCUT2D eigenvalue weighted by Crippen LogP contribution is 2.27. The Balaban J connectivity index is 2.73. The molecule has 0 aliphatic heterocycles. The van der Waals surface area contributed by atoms with Gasteiger partial charge in [0.05, 0.1) is 0 Å². The topological polar surface area (TPSA) is 88.5 Å². The highest BCUT2D eigenvalue weighted by molar-refractivity contribution is 7.16. The fraction of sp³-hybridized carbons (Fsp3) is 0.545. The molecule has 112 valence electrons. The Bertz CT molecular complexity index is 513. The second kappa shape index (κ2) is 6.60. The number of carbonyl (C=O) groups excluding carboxylic acids is 1. The Hall–Kier alpha value is -1.05. The van der Waals surface area contributed by atoms with Gasteiger partial charge >= 0.3 is 12.1 Å². The van der Waals surface area contributed by atoms with Crippen LogP contribution in [0, 0.1) is 0 Å². The van der Waals surface area contributed by atoms with Gasteiger partial charge < -0.3 is 15.2 Å². The van der Waals surface area contributed by atoms with E-state index >= 15 is 0 Å². The molecular formula is C11H14Cl2N2O4S. The first-order chi connectivity index (χ1) is 9.08. The lowest BCUT2D eigenvalue weighted by molar-refractivity contribution is -0.139. The minimum Gasteiger partial charge on any atom is -0.480 e. The van der Waals surface area contributed by atoms with Crippen LogP contribution in [-0.2, 0) is 16.0 Å². The highest BCUT2D eigenvalue weighted by atomic mass is 35.5. The predicted octanol–water partition coefficient (Wildman–Crippen LogP) is 2.97. The third-order valence-electron chi connectivity index (χ3n) is 2.00. The third kappa shape index (κ3) is 5.52. The number of aliphatic carboxylic acids is 1. The summed E-state index contributed by atoms with van der Waals surface area (Å²) in [7, 11) is 0. The van der Waals surface area contributed by atoms with Gasteiger partial charge in [-0.25, -0.2) is 14.6 Å². The Morgan fingerprint density at radius 1 is 1.45 bits per heavy atom. The highest BCUT2D eigenvalue weighted by Gasteiger charge is 2.26. The number of amides is 1. The lowest BCUT2D eigenvalue weighted by Gasteiger charge is -2.21. The van der Waals surface area contributed by atoms with Gasteiger partial charge in [0.1, 0.15) is 16.8 Å². The van der Waals surface area contributed by atoms with E-state index in [1.807, 2.05) is 0 Å². The van der Waals surface area contributed by atoms with E-state index in [1.165, 1.54) is 0 Å². The van der Waals surface area contributed by atoms with Crippen molar-refractivity contribution in [2.24, 2.45) is 0 Å². The molecule has 0 fully saturated rings. The summed E-state index contributed by atoms with van der Waals surface area (Å²) in [6, 6.07) is -1.17. The zero-order valence-corrected chi connectivity index (χ0v) is 13.4. The van der Waals surface area contributed by atoms with Crippen molar-refractivity contribution in [3.05, 3.63) is 14.5 Å². The third-order valence-corrected chi connectivity index (χ3v) is 3.61. The van der Waals surface area contributed by atoms with Crippen molar-refractivity contribution in [2.45, 2.75) is 38.8 Å². The Labute approximate surface area is 130 Å². The maximum absolute atomic E-state index is 11.6. The number of carboxylic acids is 1. The summed E-state index contributed by atoms with van der Waals surface area (Å²) >= 11 is 12.6. The number of ether oxygens (including phenoxy) is 1. The summed E-state index contributed by atoms with van der Waals surface area (Å²) in [5.41, 5.74) is -0.710. The molecule has 0 bridgehead atoms. The van der Waals surface area contributed by atoms with Crippen molar-refractivity contribution in [1.29, 1.82) is 0 Å². The summed E-state index contributed by atoms with van der Waals surface area (Å²) in [5.74, 6) is -1.20. The molecule has 0 aromatic carbocycles. The molecule has 1 rings (SSSR count). The summed E-state index contributed by atoms with van der Waals surface area (Å²) in [6.07, 6.45) is -0.825. The summed E-state index contributed by atoms with van der Waals surface area (Å²) in [4.78, 5) is 27.0. The number of thiazole rings is 1. The fourth-order valence-electron chi connectivity index (χ4n) is 1.27. The van der Waals surface area contributed by atoms with E-state index in [1.54, 1.807) is 20.8 Å². The van der Waals surface area contributed by atoms with Crippen LogP contribution in [0.3, 0.4) is 0 Å². The van der Waals surface area contributed by atoms with Crippen LogP contribution >= 0.6 is 34.5 Å². The minimum atomic E-state index is -1.20. The van der Waals surface area contributed by atoms with E-state index in [4.69, 9.17) is 33.0 Å². The van der Waals surface area contributed by atoms with Gasteiger partial charge in [-0.1, -0.05) is 23.2 Å². The normalized spacial score (nSPS) is 12.8. The first kappa shape index (κ1) is 17.0. The molecular weight excluding hydrogens is 327 g/mol. The molecule has 1 atom stereocenters. The van der Waals surface area contributed by atoms with Gasteiger partial charge in [0.15, 0.2) is 4.47 Å². The molecule has 1 amide bonds. The van der Waals surface area contributed by atoms with E-state index in [2.05, 4.69) is 10.3 Å². The molecule has 0 spiro atoms. The number of alkyl carbamates (subject to hydrolysis) is 1. The number of carbonyl (C=O) groups is 2. The fourth-order valence-corrected chi connectivity index (χ4v) is 2.72. The molecule has 0 saturated heterocycles. The number of nitrogens with one attached hydrogen (secondary N) is 1. The van der Waals surface area contributed by atoms with Crippen LogP contribution in [0.1, 0.15) is 25.6 Å². The maximum Gasteiger partial charge on any atom is 0.408 e. The first-order valence-electron chi connectivity index (χ1n) is 5.61. The van der Waals surface area contributed by atoms with Gasteiger partial charge in [0.25, 0.3) is 0 Å². The average Bonchev–Trinajstić information content (AvgIpc) is 2.53. The van der Waals surface area contributed by atoms with E-state index in [0.717, 1.165) is 11.3 Å². The molecule has 1 unspecified atom stereocenters. The monoisotopic (exact) mass is 340 g/mol. The van der Waals surface area contributed by atoms with Crippen molar-refractivity contribution in [2.75, 3.05) is 0 Å². The zero-order valence-electron chi connectivity index (χ0n) is 11.1. The molecule has 0 aliphatic carbocycles. The van der Waals surface area contributed by atoms with Crippen LogP contribution in [0.15, 0.2) is 0 Å². The van der Waals surface area contributed by atoms with Gasteiger partial charge in [-0.2, -0.15) is 0 Å². The van der Waals surface area contributed by atoms with E-state index < -0.39 is 23.7 Å². The Morgan fingerprint density at radius 3 is 2.45 bits per heavy atom. The molecule has 1 aromatic rings. The Morgan fingerprint density at radius 2 is 2.05 bits per heavy atom. The molecule has 0 saturated carbocycles. The van der Waals surface area contributed by atoms with Crippen LogP contribution in [0.5, 0.6) is 0 Å². The van der Waals surface area contributed by atoms with Crippen molar-refractivity contribution >= 4 is 46.6 Å². The molecule has 0 aliphatic rings. The van der Waals surface area contributed by atoms with Crippen LogP contribution in [0.4, 0.5) is 4.79 Å². The number of aromatic nitrogens is 1. The molecule has 1 aromatic heterocycles. The van der Waals surface area contributed by atoms with Crippen molar-refractivity contribution in [1.82, 2.24) is 10.3 Å². The van der Waals surface area contributed by atoms with Gasteiger partial charge in [0.2, 0.25) is 0 Å². The lowest BCUT2D eigenvalue weighted by atomic mass is 10.2. The zero-order chi connectivity index (χ0) is 15.5. The first-order valence-corrected chi connectivity index (χ1v) is 7.19. The average molecular weight is 341 g/mol. The van der Waals surface area contributed by atoms with Crippen LogP contribution < -0.4 is 5.32 Å². The molecule has 6 nitrogen and oxygen atoms in total. The summed E-state index contributed by atoms with van der Waals surface area (Å²) in [5, 5.41) is 11.5. The minimum absolute atomic E-state index is 0.0161. The number of halogens is 2. The molecule has 2 N–H and O–H groups in total. The van der Waals surface area contributed by atoms with Crippen LogP contribution in [0.25, 0.3) is 0 Å². The maximum atomic E-state index is 11.6. The van der Waals surface area contributed by atoms with Gasteiger partial charge in [-0.15, -0.1) is 11.3 Å². The van der Waals surface area contributed by atoms with Gasteiger partial charge in [-0.3, -0.25) is 0 Å². The van der Waals surface area contributed by atoms with Crippen molar-refractivity contribution in [3.8, 4) is 0 Å². The molecule has 9 heteroatoms. The van der Waals surface area contributed by atoms with Crippen molar-refractivity contribution in [3.63, 3.8) is 0 Å².